The molecule has 4 nitrogen and oxygen atoms in total. The van der Waals surface area contributed by atoms with Crippen molar-refractivity contribution in [3.63, 3.8) is 0 Å². The molecular weight excluding hydrogens is 214 g/mol. The Morgan fingerprint density at radius 3 is 2.94 bits per heavy atom. The van der Waals surface area contributed by atoms with Gasteiger partial charge in [0.1, 0.15) is 5.76 Å². The van der Waals surface area contributed by atoms with E-state index in [9.17, 15) is 0 Å². The van der Waals surface area contributed by atoms with Crippen molar-refractivity contribution in [2.75, 3.05) is 7.05 Å². The van der Waals surface area contributed by atoms with E-state index in [4.69, 9.17) is 4.42 Å². The van der Waals surface area contributed by atoms with Crippen molar-refractivity contribution in [3.8, 4) is 0 Å². The predicted octanol–water partition coefficient (Wildman–Crippen LogP) is 2.08. The monoisotopic (exact) mass is 233 g/mol. The smallest absolute Gasteiger partial charge is 0.105 e. The van der Waals surface area contributed by atoms with Crippen LogP contribution in [0.25, 0.3) is 0 Å². The van der Waals surface area contributed by atoms with Crippen LogP contribution >= 0.6 is 0 Å². The third-order valence-corrected chi connectivity index (χ3v) is 2.98. The van der Waals surface area contributed by atoms with Gasteiger partial charge in [0, 0.05) is 31.3 Å². The first-order valence-corrected chi connectivity index (χ1v) is 5.96. The molecule has 17 heavy (non-hydrogen) atoms. The summed E-state index contributed by atoms with van der Waals surface area (Å²) in [7, 11) is 3.93. The lowest BCUT2D eigenvalue weighted by Gasteiger charge is -2.14. The summed E-state index contributed by atoms with van der Waals surface area (Å²) in [5.41, 5.74) is 2.41. The number of aryl methyl sites for hydroxylation is 2. The Labute approximate surface area is 102 Å². The van der Waals surface area contributed by atoms with E-state index in [1.54, 1.807) is 6.26 Å². The van der Waals surface area contributed by atoms with Crippen LogP contribution < -0.4 is 5.32 Å². The molecule has 0 amide bonds. The number of aromatic nitrogens is 2. The van der Waals surface area contributed by atoms with Crippen molar-refractivity contribution >= 4 is 0 Å². The van der Waals surface area contributed by atoms with Crippen LogP contribution in [-0.2, 0) is 19.9 Å². The number of nitrogens with one attached hydrogen (secondary N) is 1. The third kappa shape index (κ3) is 2.58. The minimum absolute atomic E-state index is 0.254. The lowest BCUT2D eigenvalue weighted by molar-refractivity contribution is 0.464. The maximum absolute atomic E-state index is 5.40. The highest BCUT2D eigenvalue weighted by Crippen LogP contribution is 2.21. The van der Waals surface area contributed by atoms with Gasteiger partial charge in [0.2, 0.25) is 0 Å². The van der Waals surface area contributed by atoms with Gasteiger partial charge in [0.05, 0.1) is 12.0 Å². The predicted molar refractivity (Wildman–Crippen MR) is 66.8 cm³/mol. The molecule has 0 aromatic carbocycles. The molecule has 0 fully saturated rings. The molecule has 0 saturated carbocycles. The zero-order valence-corrected chi connectivity index (χ0v) is 10.6. The van der Waals surface area contributed by atoms with E-state index >= 15 is 0 Å². The largest absolute Gasteiger partial charge is 0.469 e. The van der Waals surface area contributed by atoms with Gasteiger partial charge in [-0.25, -0.2) is 0 Å². The Morgan fingerprint density at radius 2 is 2.35 bits per heavy atom. The van der Waals surface area contributed by atoms with Crippen LogP contribution in [0.1, 0.15) is 30.0 Å². The highest BCUT2D eigenvalue weighted by atomic mass is 16.3. The summed E-state index contributed by atoms with van der Waals surface area (Å²) < 4.78 is 7.28. The van der Waals surface area contributed by atoms with Crippen molar-refractivity contribution < 1.29 is 4.42 Å². The second kappa shape index (κ2) is 5.19. The van der Waals surface area contributed by atoms with Crippen LogP contribution in [0.3, 0.4) is 0 Å². The van der Waals surface area contributed by atoms with E-state index in [-0.39, 0.29) is 6.04 Å². The summed E-state index contributed by atoms with van der Waals surface area (Å²) in [6.45, 7) is 2.13. The van der Waals surface area contributed by atoms with Crippen LogP contribution in [0.15, 0.2) is 29.0 Å². The van der Waals surface area contributed by atoms with Crippen LogP contribution in [0.4, 0.5) is 0 Å². The quantitative estimate of drug-likeness (QED) is 0.859. The molecule has 0 spiro atoms. The molecule has 0 saturated heterocycles. The van der Waals surface area contributed by atoms with Crippen LogP contribution in [0, 0.1) is 0 Å². The molecule has 0 aliphatic carbocycles. The standard InChI is InChI=1S/C13H19N3O/c1-4-12-11(9-16(3)15-12)13(14-2)8-10-6-5-7-17-10/h5-7,9,13-14H,4,8H2,1-3H3. The third-order valence-electron chi connectivity index (χ3n) is 2.98. The number of hydrogen-bond acceptors (Lipinski definition) is 3. The van der Waals surface area contributed by atoms with Gasteiger partial charge in [-0.1, -0.05) is 6.92 Å². The number of hydrogen-bond donors (Lipinski definition) is 1. The summed E-state index contributed by atoms with van der Waals surface area (Å²) in [5, 5.41) is 7.80. The summed E-state index contributed by atoms with van der Waals surface area (Å²) in [6, 6.07) is 4.18. The molecule has 0 aliphatic rings. The van der Waals surface area contributed by atoms with Gasteiger partial charge in [-0.15, -0.1) is 0 Å². The normalized spacial score (nSPS) is 12.9. The zero-order valence-electron chi connectivity index (χ0n) is 10.6. The molecule has 0 radical (unpaired) electrons. The molecule has 0 aliphatic heterocycles. The van der Waals surface area contributed by atoms with Crippen LogP contribution in [-0.4, -0.2) is 16.8 Å². The molecule has 2 aromatic heterocycles. The van der Waals surface area contributed by atoms with Gasteiger partial charge in [-0.2, -0.15) is 5.10 Å². The Balaban J connectivity index is 2.22. The van der Waals surface area contributed by atoms with Gasteiger partial charge in [0.25, 0.3) is 0 Å². The van der Waals surface area contributed by atoms with Gasteiger partial charge in [-0.3, -0.25) is 4.68 Å². The zero-order chi connectivity index (χ0) is 12.3. The number of nitrogens with zero attached hydrogens (tertiary/aromatic N) is 2. The first kappa shape index (κ1) is 11.9. The van der Waals surface area contributed by atoms with E-state index < -0.39 is 0 Å². The molecule has 2 aromatic rings. The van der Waals surface area contributed by atoms with Gasteiger partial charge in [0.15, 0.2) is 0 Å². The highest BCUT2D eigenvalue weighted by Gasteiger charge is 2.17. The molecule has 1 N–H and O–H groups in total. The molecule has 1 unspecified atom stereocenters. The van der Waals surface area contributed by atoms with Gasteiger partial charge >= 0.3 is 0 Å². The fraction of sp³-hybridized carbons (Fsp3) is 0.462. The Morgan fingerprint density at radius 1 is 1.53 bits per heavy atom. The van der Waals surface area contributed by atoms with Crippen LogP contribution in [0.5, 0.6) is 0 Å². The fourth-order valence-corrected chi connectivity index (χ4v) is 2.12. The minimum atomic E-state index is 0.254. The topological polar surface area (TPSA) is 43.0 Å². The van der Waals surface area contributed by atoms with E-state index in [0.717, 1.165) is 24.3 Å². The van der Waals surface area contributed by atoms with E-state index in [1.807, 2.05) is 30.9 Å². The second-order valence-corrected chi connectivity index (χ2v) is 4.18. The first-order valence-electron chi connectivity index (χ1n) is 5.96. The second-order valence-electron chi connectivity index (χ2n) is 4.18. The molecular formula is C13H19N3O. The lowest BCUT2D eigenvalue weighted by atomic mass is 10.0. The Bertz CT molecular complexity index is 459. The Kier molecular flexibility index (Phi) is 3.64. The van der Waals surface area contributed by atoms with Crippen molar-refractivity contribution in [1.29, 1.82) is 0 Å². The summed E-state index contributed by atoms with van der Waals surface area (Å²) in [4.78, 5) is 0. The average Bonchev–Trinajstić information content (AvgIpc) is 2.94. The summed E-state index contributed by atoms with van der Waals surface area (Å²) in [6.07, 6.45) is 5.60. The van der Waals surface area contributed by atoms with Crippen molar-refractivity contribution in [2.45, 2.75) is 25.8 Å². The summed E-state index contributed by atoms with van der Waals surface area (Å²) in [5.74, 6) is 0.996. The average molecular weight is 233 g/mol. The molecule has 2 heterocycles. The number of rotatable bonds is 5. The van der Waals surface area contributed by atoms with E-state index in [1.165, 1.54) is 5.56 Å². The number of furan rings is 1. The van der Waals surface area contributed by atoms with Crippen molar-refractivity contribution in [1.82, 2.24) is 15.1 Å². The van der Waals surface area contributed by atoms with E-state index in [2.05, 4.69) is 23.5 Å². The maximum Gasteiger partial charge on any atom is 0.105 e. The molecule has 2 rings (SSSR count). The molecule has 1 atom stereocenters. The first-order chi connectivity index (χ1) is 8.24. The lowest BCUT2D eigenvalue weighted by Crippen LogP contribution is -2.19. The van der Waals surface area contributed by atoms with Crippen molar-refractivity contribution in [2.24, 2.45) is 7.05 Å². The van der Waals surface area contributed by atoms with Crippen molar-refractivity contribution in [3.05, 3.63) is 41.6 Å². The Hall–Kier alpha value is -1.55. The molecule has 92 valence electrons. The molecule has 4 heteroatoms. The molecule has 0 bridgehead atoms. The fourth-order valence-electron chi connectivity index (χ4n) is 2.12. The van der Waals surface area contributed by atoms with Gasteiger partial charge < -0.3 is 9.73 Å². The van der Waals surface area contributed by atoms with Crippen LogP contribution in [0.2, 0.25) is 0 Å². The number of likely N-dealkylation sites (N-methyl/N-ethyl adjacent to an activating group) is 1. The SMILES string of the molecule is CCc1nn(C)cc1C(Cc1ccco1)NC. The minimum Gasteiger partial charge on any atom is -0.469 e. The summed E-state index contributed by atoms with van der Waals surface area (Å²) >= 11 is 0. The highest BCUT2D eigenvalue weighted by molar-refractivity contribution is 5.23. The maximum atomic E-state index is 5.40. The van der Waals surface area contributed by atoms with E-state index in [0.29, 0.717) is 0 Å². The van der Waals surface area contributed by atoms with Gasteiger partial charge in [-0.05, 0) is 25.6 Å².